The third kappa shape index (κ3) is 4.29. The Morgan fingerprint density at radius 1 is 1.38 bits per heavy atom. The molecule has 2 saturated heterocycles. The lowest BCUT2D eigenvalue weighted by Crippen LogP contribution is -2.46. The third-order valence-corrected chi connectivity index (χ3v) is 5.08. The van der Waals surface area contributed by atoms with Gasteiger partial charge in [0.2, 0.25) is 0 Å². The van der Waals surface area contributed by atoms with Crippen LogP contribution < -0.4 is 5.32 Å². The first-order valence-corrected chi connectivity index (χ1v) is 9.28. The third-order valence-electron chi connectivity index (χ3n) is 5.08. The minimum Gasteiger partial charge on any atom is -0.378 e. The molecule has 0 aliphatic carbocycles. The normalized spacial score (nSPS) is 22.3. The largest absolute Gasteiger partial charge is 0.378 e. The number of carbonyl (C=O) groups excluding carboxylic acids is 1. The summed E-state index contributed by atoms with van der Waals surface area (Å²) in [6.07, 6.45) is 8.70. The number of likely N-dealkylation sites (tertiary alicyclic amines) is 1. The Morgan fingerprint density at radius 3 is 2.83 bits per heavy atom. The number of rotatable bonds is 5. The van der Waals surface area contributed by atoms with Gasteiger partial charge >= 0.3 is 6.03 Å². The Hall–Kier alpha value is -1.56. The maximum atomic E-state index is 12.4. The molecule has 2 aliphatic heterocycles. The van der Waals surface area contributed by atoms with E-state index in [0.29, 0.717) is 24.5 Å². The maximum Gasteiger partial charge on any atom is 0.317 e. The van der Waals surface area contributed by atoms with Crippen LogP contribution in [-0.2, 0) is 17.8 Å². The summed E-state index contributed by atoms with van der Waals surface area (Å²) in [7, 11) is 0. The number of hydrogen-bond donors (Lipinski definition) is 1. The molecule has 2 aliphatic rings. The number of nitrogens with zero attached hydrogens (tertiary/aromatic N) is 3. The molecular weight excluding hydrogens is 304 g/mol. The number of amides is 2. The van der Waals surface area contributed by atoms with Crippen molar-refractivity contribution in [3.63, 3.8) is 0 Å². The van der Waals surface area contributed by atoms with Crippen LogP contribution in [0.15, 0.2) is 12.4 Å². The van der Waals surface area contributed by atoms with E-state index in [-0.39, 0.29) is 6.03 Å². The summed E-state index contributed by atoms with van der Waals surface area (Å²) in [5.74, 6) is 2.11. The van der Waals surface area contributed by atoms with E-state index >= 15 is 0 Å². The quantitative estimate of drug-likeness (QED) is 0.900. The molecule has 134 valence electrons. The van der Waals surface area contributed by atoms with E-state index in [2.05, 4.69) is 28.7 Å². The number of ether oxygens (including phenoxy) is 1. The van der Waals surface area contributed by atoms with Crippen LogP contribution in [0.5, 0.6) is 0 Å². The minimum atomic E-state index is 0.0277. The molecular formula is C18H30N4O2. The van der Waals surface area contributed by atoms with Crippen molar-refractivity contribution in [2.45, 2.75) is 58.7 Å². The van der Waals surface area contributed by atoms with Gasteiger partial charge in [0.15, 0.2) is 0 Å². The zero-order valence-electron chi connectivity index (χ0n) is 14.9. The predicted octanol–water partition coefficient (Wildman–Crippen LogP) is 2.64. The van der Waals surface area contributed by atoms with Gasteiger partial charge in [-0.05, 0) is 37.5 Å². The highest BCUT2D eigenvalue weighted by Crippen LogP contribution is 2.28. The summed E-state index contributed by atoms with van der Waals surface area (Å²) in [5.41, 5.74) is 0. The maximum absolute atomic E-state index is 12.4. The van der Waals surface area contributed by atoms with E-state index in [1.807, 2.05) is 11.1 Å². The molecule has 0 aromatic carbocycles. The second-order valence-electron chi connectivity index (χ2n) is 7.42. The highest BCUT2D eigenvalue weighted by Gasteiger charge is 2.30. The molecule has 3 rings (SSSR count). The molecule has 1 atom stereocenters. The second-order valence-corrected chi connectivity index (χ2v) is 7.42. The Kier molecular flexibility index (Phi) is 5.76. The fraction of sp³-hybridized carbons (Fsp3) is 0.778. The van der Waals surface area contributed by atoms with Gasteiger partial charge < -0.3 is 19.5 Å². The van der Waals surface area contributed by atoms with Gasteiger partial charge in [-0.3, -0.25) is 0 Å². The van der Waals surface area contributed by atoms with Crippen LogP contribution in [0, 0.1) is 11.8 Å². The summed E-state index contributed by atoms with van der Waals surface area (Å²) in [4.78, 5) is 18.7. The highest BCUT2D eigenvalue weighted by atomic mass is 16.5. The zero-order valence-corrected chi connectivity index (χ0v) is 14.9. The lowest BCUT2D eigenvalue weighted by atomic mass is 9.90. The van der Waals surface area contributed by atoms with Crippen molar-refractivity contribution in [1.29, 1.82) is 0 Å². The topological polar surface area (TPSA) is 59.4 Å². The van der Waals surface area contributed by atoms with Crippen LogP contribution >= 0.6 is 0 Å². The van der Waals surface area contributed by atoms with Crippen LogP contribution in [0.2, 0.25) is 0 Å². The van der Waals surface area contributed by atoms with Crippen molar-refractivity contribution in [1.82, 2.24) is 19.8 Å². The molecule has 3 heterocycles. The van der Waals surface area contributed by atoms with Crippen molar-refractivity contribution in [3.05, 3.63) is 18.2 Å². The molecule has 6 heteroatoms. The van der Waals surface area contributed by atoms with E-state index in [4.69, 9.17) is 4.74 Å². The molecule has 0 spiro atoms. The number of nitrogens with one attached hydrogen (secondary N) is 1. The molecule has 0 radical (unpaired) electrons. The fourth-order valence-corrected chi connectivity index (χ4v) is 3.78. The average molecular weight is 334 g/mol. The molecule has 0 bridgehead atoms. The lowest BCUT2D eigenvalue weighted by Gasteiger charge is -2.34. The summed E-state index contributed by atoms with van der Waals surface area (Å²) in [5, 5.41) is 3.03. The van der Waals surface area contributed by atoms with Crippen LogP contribution in [0.4, 0.5) is 4.79 Å². The number of carbonyl (C=O) groups is 1. The van der Waals surface area contributed by atoms with E-state index in [0.717, 1.165) is 44.9 Å². The number of hydrogen-bond acceptors (Lipinski definition) is 3. The van der Waals surface area contributed by atoms with Gasteiger partial charge in [-0.2, -0.15) is 0 Å². The molecule has 2 fully saturated rings. The van der Waals surface area contributed by atoms with Crippen LogP contribution in [0.25, 0.3) is 0 Å². The number of piperidine rings is 1. The summed E-state index contributed by atoms with van der Waals surface area (Å²) in [6.45, 7) is 8.35. The second kappa shape index (κ2) is 8.01. The first-order valence-electron chi connectivity index (χ1n) is 9.28. The standard InChI is InChI=1S/C18H30N4O2/c1-14(2)13-22-10-7-19-17(22)12-20-18(23)21-8-5-15(6-9-21)16-4-3-11-24-16/h7,10,14-16H,3-6,8-9,11-13H2,1-2H3,(H,20,23). The SMILES string of the molecule is CC(C)Cn1ccnc1CNC(=O)N1CCC(C2CCCO2)CC1. The molecule has 1 aromatic rings. The van der Waals surface area contributed by atoms with Crippen LogP contribution in [-0.4, -0.2) is 46.3 Å². The molecule has 1 aromatic heterocycles. The van der Waals surface area contributed by atoms with Gasteiger partial charge in [0.25, 0.3) is 0 Å². The minimum absolute atomic E-state index is 0.0277. The van der Waals surface area contributed by atoms with E-state index in [9.17, 15) is 4.79 Å². The van der Waals surface area contributed by atoms with Gasteiger partial charge in [-0.15, -0.1) is 0 Å². The van der Waals surface area contributed by atoms with Gasteiger partial charge in [-0.25, -0.2) is 9.78 Å². The van der Waals surface area contributed by atoms with Crippen molar-refractivity contribution in [2.24, 2.45) is 11.8 Å². The summed E-state index contributed by atoms with van der Waals surface area (Å²) >= 11 is 0. The molecule has 1 unspecified atom stereocenters. The van der Waals surface area contributed by atoms with E-state index in [1.165, 1.54) is 12.8 Å². The molecule has 2 amide bonds. The van der Waals surface area contributed by atoms with Gasteiger partial charge in [-0.1, -0.05) is 13.8 Å². The van der Waals surface area contributed by atoms with Crippen molar-refractivity contribution >= 4 is 6.03 Å². The molecule has 24 heavy (non-hydrogen) atoms. The number of imidazole rings is 1. The van der Waals surface area contributed by atoms with Crippen LogP contribution in [0.3, 0.4) is 0 Å². The van der Waals surface area contributed by atoms with E-state index < -0.39 is 0 Å². The van der Waals surface area contributed by atoms with Gasteiger partial charge in [0.1, 0.15) is 5.82 Å². The first-order chi connectivity index (χ1) is 11.6. The summed E-state index contributed by atoms with van der Waals surface area (Å²) < 4.78 is 7.92. The van der Waals surface area contributed by atoms with Gasteiger partial charge in [0, 0.05) is 38.6 Å². The number of urea groups is 1. The van der Waals surface area contributed by atoms with Crippen molar-refractivity contribution < 1.29 is 9.53 Å². The predicted molar refractivity (Wildman–Crippen MR) is 92.6 cm³/mol. The molecule has 6 nitrogen and oxygen atoms in total. The Labute approximate surface area is 144 Å². The van der Waals surface area contributed by atoms with Crippen LogP contribution in [0.1, 0.15) is 45.4 Å². The first kappa shape index (κ1) is 17.3. The van der Waals surface area contributed by atoms with Crippen molar-refractivity contribution in [3.8, 4) is 0 Å². The smallest absolute Gasteiger partial charge is 0.317 e. The Morgan fingerprint density at radius 2 is 2.17 bits per heavy atom. The average Bonchev–Trinajstić information content (AvgIpc) is 3.24. The van der Waals surface area contributed by atoms with E-state index in [1.54, 1.807) is 6.20 Å². The van der Waals surface area contributed by atoms with Crippen molar-refractivity contribution in [2.75, 3.05) is 19.7 Å². The Bertz CT molecular complexity index is 529. The van der Waals surface area contributed by atoms with Gasteiger partial charge in [0.05, 0.1) is 12.6 Å². The molecule has 1 N–H and O–H groups in total. The lowest BCUT2D eigenvalue weighted by molar-refractivity contribution is 0.0372. The molecule has 0 saturated carbocycles. The highest BCUT2D eigenvalue weighted by molar-refractivity contribution is 5.74. The monoisotopic (exact) mass is 334 g/mol. The zero-order chi connectivity index (χ0) is 16.9. The fourth-order valence-electron chi connectivity index (χ4n) is 3.78. The summed E-state index contributed by atoms with van der Waals surface area (Å²) in [6, 6.07) is 0.0277. The Balaban J connectivity index is 1.44. The number of aromatic nitrogens is 2.